The van der Waals surface area contributed by atoms with Gasteiger partial charge in [0.1, 0.15) is 6.04 Å². The van der Waals surface area contributed by atoms with Crippen LogP contribution < -0.4 is 5.32 Å². The van der Waals surface area contributed by atoms with Gasteiger partial charge in [-0.3, -0.25) is 14.5 Å². The smallest absolute Gasteiger partial charge is 0.320 e. The van der Waals surface area contributed by atoms with Crippen LogP contribution in [0.25, 0.3) is 0 Å². The van der Waals surface area contributed by atoms with Gasteiger partial charge in [0.15, 0.2) is 5.13 Å². The van der Waals surface area contributed by atoms with E-state index in [1.54, 1.807) is 0 Å². The molecular weight excluding hydrogens is 302 g/mol. The Kier molecular flexibility index (Phi) is 4.44. The van der Waals surface area contributed by atoms with Gasteiger partial charge in [0.05, 0.1) is 5.69 Å². The summed E-state index contributed by atoms with van der Waals surface area (Å²) in [6.45, 7) is 2.00. The van der Waals surface area contributed by atoms with Gasteiger partial charge in [-0.2, -0.15) is 0 Å². The highest BCUT2D eigenvalue weighted by atomic mass is 32.1. The monoisotopic (exact) mass is 323 g/mol. The number of carboxylic acid groups (broad SMARTS) is 1. The molecule has 1 saturated heterocycles. The lowest BCUT2D eigenvalue weighted by Crippen LogP contribution is -2.41. The summed E-state index contributed by atoms with van der Waals surface area (Å²) >= 11 is 1.38. The molecule has 120 valence electrons. The van der Waals surface area contributed by atoms with E-state index in [1.807, 2.05) is 5.38 Å². The second-order valence-corrected chi connectivity index (χ2v) is 7.06. The second kappa shape index (κ2) is 6.34. The van der Waals surface area contributed by atoms with E-state index in [-0.39, 0.29) is 5.91 Å². The minimum Gasteiger partial charge on any atom is -0.480 e. The Labute approximate surface area is 133 Å². The van der Waals surface area contributed by atoms with Crippen LogP contribution in [0.4, 0.5) is 5.13 Å². The van der Waals surface area contributed by atoms with Crippen LogP contribution in [0.5, 0.6) is 0 Å². The number of carboxylic acids is 1. The summed E-state index contributed by atoms with van der Waals surface area (Å²) in [5.41, 5.74) is 0.839. The van der Waals surface area contributed by atoms with Crippen LogP contribution in [-0.4, -0.2) is 39.0 Å². The summed E-state index contributed by atoms with van der Waals surface area (Å²) in [6, 6.07) is -0.0419. The number of rotatable bonds is 4. The van der Waals surface area contributed by atoms with Gasteiger partial charge < -0.3 is 10.4 Å². The molecular formula is C15H21N3O3S. The number of anilines is 1. The van der Waals surface area contributed by atoms with E-state index in [1.165, 1.54) is 31.1 Å². The van der Waals surface area contributed by atoms with Crippen LogP contribution in [0.15, 0.2) is 5.38 Å². The molecule has 3 rings (SSSR count). The highest BCUT2D eigenvalue weighted by Crippen LogP contribution is 2.40. The minimum atomic E-state index is -0.730. The molecule has 1 aliphatic heterocycles. The Hall–Kier alpha value is -1.47. The molecule has 2 N–H and O–H groups in total. The summed E-state index contributed by atoms with van der Waals surface area (Å²) < 4.78 is 0. The number of amides is 1. The second-order valence-electron chi connectivity index (χ2n) is 6.20. The molecule has 0 unspecified atom stereocenters. The lowest BCUT2D eigenvalue weighted by molar-refractivity contribution is -0.143. The largest absolute Gasteiger partial charge is 0.480 e. The zero-order chi connectivity index (χ0) is 15.7. The number of aliphatic carboxylic acids is 1. The molecule has 1 saturated carbocycles. The van der Waals surface area contributed by atoms with Gasteiger partial charge >= 0.3 is 5.97 Å². The average molecular weight is 323 g/mol. The van der Waals surface area contributed by atoms with Gasteiger partial charge in [0, 0.05) is 24.9 Å². The molecule has 0 aromatic carbocycles. The molecule has 1 aromatic heterocycles. The molecule has 0 radical (unpaired) electrons. The Morgan fingerprint density at radius 1 is 1.45 bits per heavy atom. The molecule has 2 heterocycles. The number of carbonyl (C=O) groups is 2. The standard InChI is InChI=1S/C15H21N3O3S/c1-9(19)16-15-17-11(8-22-15)7-18-12-5-3-2-4-10(12)6-13(18)14(20)21/h8,10,12-13H,2-7H2,1H3,(H,20,21)(H,16,17,19)/t10-,12+,13+/m1/s1. The van der Waals surface area contributed by atoms with E-state index in [4.69, 9.17) is 0 Å². The molecule has 7 heteroatoms. The maximum Gasteiger partial charge on any atom is 0.320 e. The lowest BCUT2D eigenvalue weighted by Gasteiger charge is -2.32. The molecule has 6 nitrogen and oxygen atoms in total. The topological polar surface area (TPSA) is 82.5 Å². The predicted molar refractivity (Wildman–Crippen MR) is 83.7 cm³/mol. The maximum atomic E-state index is 11.6. The minimum absolute atomic E-state index is 0.141. The summed E-state index contributed by atoms with van der Waals surface area (Å²) in [5, 5.41) is 14.7. The number of thiazole rings is 1. The average Bonchev–Trinajstić information content (AvgIpc) is 3.04. The van der Waals surface area contributed by atoms with Gasteiger partial charge in [-0.15, -0.1) is 11.3 Å². The Balaban J connectivity index is 1.74. The van der Waals surface area contributed by atoms with Crippen molar-refractivity contribution in [1.29, 1.82) is 0 Å². The first-order valence-corrected chi connectivity index (χ1v) is 8.63. The van der Waals surface area contributed by atoms with Crippen molar-refractivity contribution in [2.45, 2.75) is 57.7 Å². The number of likely N-dealkylation sites (tertiary alicyclic amines) is 1. The van der Waals surface area contributed by atoms with E-state index < -0.39 is 12.0 Å². The summed E-state index contributed by atoms with van der Waals surface area (Å²) in [4.78, 5) is 29.2. The number of nitrogens with zero attached hydrogens (tertiary/aromatic N) is 2. The predicted octanol–water partition coefficient (Wildman–Crippen LogP) is 2.32. The van der Waals surface area contributed by atoms with Crippen molar-refractivity contribution in [2.75, 3.05) is 5.32 Å². The summed E-state index contributed by atoms with van der Waals surface area (Å²) in [5.74, 6) is -0.368. The number of nitrogens with one attached hydrogen (secondary N) is 1. The number of carbonyl (C=O) groups excluding carboxylic acids is 1. The molecule has 1 aromatic rings. The third-order valence-corrected chi connectivity index (χ3v) is 5.49. The fraction of sp³-hybridized carbons (Fsp3) is 0.667. The van der Waals surface area contributed by atoms with Crippen LogP contribution >= 0.6 is 11.3 Å². The summed E-state index contributed by atoms with van der Waals surface area (Å²) in [7, 11) is 0. The SMILES string of the molecule is CC(=O)Nc1nc(CN2[C@H](C(=O)O)C[C@H]3CCCC[C@@H]32)cs1. The van der Waals surface area contributed by atoms with Gasteiger partial charge in [0.2, 0.25) is 5.91 Å². The van der Waals surface area contributed by atoms with Gasteiger partial charge in [-0.1, -0.05) is 12.8 Å². The van der Waals surface area contributed by atoms with Crippen molar-refractivity contribution in [3.63, 3.8) is 0 Å². The third kappa shape index (κ3) is 3.15. The van der Waals surface area contributed by atoms with E-state index in [0.717, 1.165) is 25.0 Å². The lowest BCUT2D eigenvalue weighted by atomic mass is 9.85. The van der Waals surface area contributed by atoms with Crippen molar-refractivity contribution >= 4 is 28.3 Å². The third-order valence-electron chi connectivity index (χ3n) is 4.69. The molecule has 3 atom stereocenters. The van der Waals surface area contributed by atoms with Crippen molar-refractivity contribution in [1.82, 2.24) is 9.88 Å². The fourth-order valence-corrected chi connectivity index (χ4v) is 4.55. The molecule has 2 fully saturated rings. The quantitative estimate of drug-likeness (QED) is 0.888. The van der Waals surface area contributed by atoms with Gasteiger partial charge in [-0.25, -0.2) is 4.98 Å². The van der Waals surface area contributed by atoms with E-state index >= 15 is 0 Å². The Morgan fingerprint density at radius 2 is 2.23 bits per heavy atom. The van der Waals surface area contributed by atoms with Crippen molar-refractivity contribution < 1.29 is 14.7 Å². The molecule has 0 spiro atoms. The molecule has 1 amide bonds. The van der Waals surface area contributed by atoms with Gasteiger partial charge in [0.25, 0.3) is 0 Å². The van der Waals surface area contributed by atoms with E-state index in [0.29, 0.717) is 23.6 Å². The fourth-order valence-electron chi connectivity index (χ4n) is 3.80. The van der Waals surface area contributed by atoms with Crippen LogP contribution in [0, 0.1) is 5.92 Å². The molecule has 0 bridgehead atoms. The molecule has 1 aliphatic carbocycles. The first-order chi connectivity index (χ1) is 10.5. The van der Waals surface area contributed by atoms with Crippen LogP contribution in [0.2, 0.25) is 0 Å². The van der Waals surface area contributed by atoms with Crippen molar-refractivity contribution in [3.8, 4) is 0 Å². The first kappa shape index (κ1) is 15.4. The Morgan fingerprint density at radius 3 is 2.95 bits per heavy atom. The summed E-state index contributed by atoms with van der Waals surface area (Å²) in [6.07, 6.45) is 5.36. The zero-order valence-electron chi connectivity index (χ0n) is 12.6. The van der Waals surface area contributed by atoms with Crippen molar-refractivity contribution in [2.24, 2.45) is 5.92 Å². The van der Waals surface area contributed by atoms with Crippen LogP contribution in [-0.2, 0) is 16.1 Å². The highest BCUT2D eigenvalue weighted by molar-refractivity contribution is 7.13. The van der Waals surface area contributed by atoms with E-state index in [9.17, 15) is 14.7 Å². The Bertz CT molecular complexity index is 574. The van der Waals surface area contributed by atoms with Crippen LogP contribution in [0.3, 0.4) is 0 Å². The molecule has 2 aliphatic rings. The van der Waals surface area contributed by atoms with Crippen LogP contribution in [0.1, 0.15) is 44.7 Å². The van der Waals surface area contributed by atoms with Crippen molar-refractivity contribution in [3.05, 3.63) is 11.1 Å². The first-order valence-electron chi connectivity index (χ1n) is 7.75. The number of hydrogen-bond donors (Lipinski definition) is 2. The zero-order valence-corrected chi connectivity index (χ0v) is 13.4. The number of aromatic nitrogens is 1. The van der Waals surface area contributed by atoms with E-state index in [2.05, 4.69) is 15.2 Å². The number of hydrogen-bond acceptors (Lipinski definition) is 5. The highest BCUT2D eigenvalue weighted by Gasteiger charge is 2.45. The maximum absolute atomic E-state index is 11.6. The molecule has 22 heavy (non-hydrogen) atoms. The van der Waals surface area contributed by atoms with Gasteiger partial charge in [-0.05, 0) is 25.2 Å². The number of fused-ring (bicyclic) bond motifs is 1. The normalized spacial score (nSPS) is 28.3.